The molecule has 2 aromatic carbocycles. The van der Waals surface area contributed by atoms with Gasteiger partial charge >= 0.3 is 0 Å². The smallest absolute Gasteiger partial charge is 0.296 e. The number of unbranched alkanes of at least 4 members (excludes halogenated alkanes) is 1. The van der Waals surface area contributed by atoms with E-state index >= 15 is 0 Å². The minimum atomic E-state index is -4.34. The third kappa shape index (κ3) is 5.63. The minimum absolute atomic E-state index is 0.0250. The second kappa shape index (κ2) is 9.50. The van der Waals surface area contributed by atoms with E-state index in [9.17, 15) is 8.42 Å². The average molecular weight is 500 g/mol. The summed E-state index contributed by atoms with van der Waals surface area (Å²) in [4.78, 5) is 1.45. The molecule has 1 atom stereocenters. The Labute approximate surface area is 191 Å². The first-order chi connectivity index (χ1) is 13.4. The van der Waals surface area contributed by atoms with Crippen LogP contribution in [0, 0.1) is 0 Å². The molecule has 3 N–H and O–H groups in total. The Morgan fingerprint density at radius 1 is 1.17 bits per heavy atom. The Bertz CT molecular complexity index is 1000. The quantitative estimate of drug-likeness (QED) is 0.224. The summed E-state index contributed by atoms with van der Waals surface area (Å²) < 4.78 is 30.1. The molecule has 0 aliphatic carbocycles. The number of benzene rings is 2. The predicted octanol–water partition coefficient (Wildman–Crippen LogP) is 6.28. The molecule has 29 heavy (non-hydrogen) atoms. The molecule has 1 heterocycles. The summed E-state index contributed by atoms with van der Waals surface area (Å²) in [5.41, 5.74) is 7.86. The van der Waals surface area contributed by atoms with Gasteiger partial charge in [-0.1, -0.05) is 72.2 Å². The normalized spacial score (nSPS) is 18.2. The third-order valence-electron chi connectivity index (χ3n) is 4.75. The van der Waals surface area contributed by atoms with Crippen LogP contribution in [0.25, 0.3) is 0 Å². The molecule has 0 fully saturated rings. The Morgan fingerprint density at radius 2 is 1.83 bits per heavy atom. The van der Waals surface area contributed by atoms with E-state index in [4.69, 9.17) is 56.7 Å². The molecule has 1 unspecified atom stereocenters. The molecule has 0 bridgehead atoms. The van der Waals surface area contributed by atoms with E-state index in [2.05, 4.69) is 24.9 Å². The van der Waals surface area contributed by atoms with Crippen LogP contribution in [0.2, 0.25) is 15.1 Å². The Morgan fingerprint density at radius 3 is 2.38 bits per heavy atom. The van der Waals surface area contributed by atoms with E-state index in [0.717, 1.165) is 36.4 Å². The number of hydrogen-bond donors (Lipinski definition) is 2. The molecule has 1 aliphatic heterocycles. The minimum Gasteiger partial charge on any atom is -0.397 e. The molecule has 160 valence electrons. The molecule has 5 nitrogen and oxygen atoms in total. The fraction of sp³-hybridized carbons (Fsp3) is 0.368. The molecule has 0 amide bonds. The Balaban J connectivity index is 0.000000212. The van der Waals surface area contributed by atoms with Gasteiger partial charge in [-0.25, -0.2) is 0 Å². The van der Waals surface area contributed by atoms with Crippen LogP contribution in [0.4, 0.5) is 11.4 Å². The van der Waals surface area contributed by atoms with E-state index in [0.29, 0.717) is 0 Å². The lowest BCUT2D eigenvalue weighted by atomic mass is 10.0. The fourth-order valence-electron chi connectivity index (χ4n) is 3.09. The van der Waals surface area contributed by atoms with Gasteiger partial charge in [-0.15, -0.1) is 0 Å². The molecule has 0 saturated carbocycles. The second-order valence-electron chi connectivity index (χ2n) is 6.77. The number of halogens is 4. The van der Waals surface area contributed by atoms with Crippen LogP contribution in [0.5, 0.6) is 0 Å². The van der Waals surface area contributed by atoms with Crippen LogP contribution in [0.3, 0.4) is 0 Å². The summed E-state index contributed by atoms with van der Waals surface area (Å²) in [5, 5.41) is 0.699. The molecule has 1 aliphatic rings. The van der Waals surface area contributed by atoms with Crippen LogP contribution < -0.4 is 10.6 Å². The van der Waals surface area contributed by atoms with Crippen LogP contribution in [-0.2, 0) is 16.5 Å². The van der Waals surface area contributed by atoms with E-state index in [1.54, 1.807) is 0 Å². The van der Waals surface area contributed by atoms with Crippen molar-refractivity contribution in [3.8, 4) is 0 Å². The summed E-state index contributed by atoms with van der Waals surface area (Å²) in [6, 6.07) is 8.18. The second-order valence-corrected chi connectivity index (χ2v) is 10.1. The number of nitrogen functional groups attached to an aromatic ring is 1. The molecule has 0 radical (unpaired) electrons. The maximum Gasteiger partial charge on any atom is 0.296 e. The number of fused-ring (bicyclic) bond motifs is 1. The SMILES string of the molecule is CCCCC1(Cl)Cc2c(Cl)cccc2N1C.Nc1cc(Cl)c(S(=O)(=O)O)cc1Cl. The monoisotopic (exact) mass is 498 g/mol. The zero-order valence-corrected chi connectivity index (χ0v) is 19.8. The Kier molecular flexibility index (Phi) is 7.99. The van der Waals surface area contributed by atoms with Gasteiger partial charge < -0.3 is 10.6 Å². The highest BCUT2D eigenvalue weighted by atomic mass is 35.5. The first kappa shape index (κ1) is 24.4. The van der Waals surface area contributed by atoms with Crippen molar-refractivity contribution >= 4 is 67.9 Å². The summed E-state index contributed by atoms with van der Waals surface area (Å²) in [6.07, 6.45) is 4.18. The van der Waals surface area contributed by atoms with Crippen molar-refractivity contribution in [2.75, 3.05) is 17.7 Å². The maximum atomic E-state index is 10.7. The maximum absolute atomic E-state index is 10.7. The molecule has 3 rings (SSSR count). The topological polar surface area (TPSA) is 83.6 Å². The lowest BCUT2D eigenvalue weighted by Crippen LogP contribution is -2.38. The van der Waals surface area contributed by atoms with Gasteiger partial charge in [-0.2, -0.15) is 8.42 Å². The van der Waals surface area contributed by atoms with Gasteiger partial charge in [-0.05, 0) is 36.2 Å². The third-order valence-corrected chi connectivity index (χ3v) is 7.32. The first-order valence-corrected chi connectivity index (χ1v) is 11.8. The molecule has 10 heteroatoms. The van der Waals surface area contributed by atoms with Crippen molar-refractivity contribution in [3.63, 3.8) is 0 Å². The average Bonchev–Trinajstić information content (AvgIpc) is 2.89. The van der Waals surface area contributed by atoms with Crippen molar-refractivity contribution in [1.29, 1.82) is 0 Å². The number of nitrogens with two attached hydrogens (primary N) is 1. The van der Waals surface area contributed by atoms with E-state index in [1.165, 1.54) is 17.7 Å². The van der Waals surface area contributed by atoms with Gasteiger partial charge in [0.2, 0.25) is 0 Å². The van der Waals surface area contributed by atoms with Crippen LogP contribution in [0.15, 0.2) is 35.2 Å². The summed E-state index contributed by atoms with van der Waals surface area (Å²) in [7, 11) is -2.28. The zero-order valence-electron chi connectivity index (χ0n) is 15.9. The molecular formula is C19H22Cl4N2O3S. The van der Waals surface area contributed by atoms with Gasteiger partial charge in [-0.3, -0.25) is 4.55 Å². The summed E-state index contributed by atoms with van der Waals surface area (Å²) in [5.74, 6) is 0. The highest BCUT2D eigenvalue weighted by molar-refractivity contribution is 7.86. The molecule has 2 aromatic rings. The largest absolute Gasteiger partial charge is 0.397 e. The van der Waals surface area contributed by atoms with Crippen LogP contribution >= 0.6 is 46.4 Å². The highest BCUT2D eigenvalue weighted by Crippen LogP contribution is 2.45. The van der Waals surface area contributed by atoms with E-state index in [-0.39, 0.29) is 20.7 Å². The number of anilines is 2. The fourth-order valence-corrected chi connectivity index (χ4v) is 4.95. The van der Waals surface area contributed by atoms with Crippen molar-refractivity contribution < 1.29 is 13.0 Å². The molecule has 0 aromatic heterocycles. The Hall–Kier alpha value is -0.890. The number of rotatable bonds is 4. The van der Waals surface area contributed by atoms with Crippen molar-refractivity contribution in [2.45, 2.75) is 42.5 Å². The van der Waals surface area contributed by atoms with Gasteiger partial charge in [0.1, 0.15) is 9.89 Å². The van der Waals surface area contributed by atoms with Gasteiger partial charge in [0.25, 0.3) is 10.1 Å². The number of likely N-dealkylation sites (N-methyl/N-ethyl adjacent to an activating group) is 1. The van der Waals surface area contributed by atoms with E-state index < -0.39 is 15.0 Å². The lowest BCUT2D eigenvalue weighted by molar-refractivity contribution is 0.483. The van der Waals surface area contributed by atoms with Gasteiger partial charge in [0.05, 0.1) is 15.7 Å². The summed E-state index contributed by atoms with van der Waals surface area (Å²) in [6.45, 7) is 2.19. The van der Waals surface area contributed by atoms with E-state index in [1.807, 2.05) is 12.1 Å². The predicted molar refractivity (Wildman–Crippen MR) is 122 cm³/mol. The lowest BCUT2D eigenvalue weighted by Gasteiger charge is -2.31. The highest BCUT2D eigenvalue weighted by Gasteiger charge is 2.40. The molecule has 0 saturated heterocycles. The van der Waals surface area contributed by atoms with Crippen LogP contribution in [0.1, 0.15) is 31.7 Å². The zero-order chi connectivity index (χ0) is 22.0. The van der Waals surface area contributed by atoms with Crippen molar-refractivity contribution in [2.24, 2.45) is 0 Å². The summed E-state index contributed by atoms with van der Waals surface area (Å²) >= 11 is 24.0. The first-order valence-electron chi connectivity index (χ1n) is 8.83. The number of alkyl halides is 1. The van der Waals surface area contributed by atoms with Crippen LogP contribution in [-0.4, -0.2) is 25.0 Å². The van der Waals surface area contributed by atoms with Gasteiger partial charge in [0, 0.05) is 24.2 Å². The van der Waals surface area contributed by atoms with Gasteiger partial charge in [0.15, 0.2) is 0 Å². The standard InChI is InChI=1S/C13H17Cl2N.C6H5Cl2NO3S/c1-3-4-8-13(15)9-10-11(14)6-5-7-12(10)16(13)2;7-3-2-6(13(10,11)12)4(8)1-5(3)9/h5-7H,3-4,8-9H2,1-2H3;1-2H,9H2,(H,10,11,12). The van der Waals surface area contributed by atoms with Crippen molar-refractivity contribution in [1.82, 2.24) is 0 Å². The number of hydrogen-bond acceptors (Lipinski definition) is 4. The molecule has 0 spiro atoms. The molecular weight excluding hydrogens is 478 g/mol. The number of nitrogens with zero attached hydrogens (tertiary/aromatic N) is 1. The van der Waals surface area contributed by atoms with Crippen molar-refractivity contribution in [3.05, 3.63) is 51.0 Å².